The van der Waals surface area contributed by atoms with E-state index in [0.29, 0.717) is 24.2 Å². The number of rotatable bonds is 6. The lowest BCUT2D eigenvalue weighted by molar-refractivity contribution is -0.137. The Hall–Kier alpha value is -2.12. The Morgan fingerprint density at radius 3 is 2.79 bits per heavy atom. The fourth-order valence-corrected chi connectivity index (χ4v) is 1.67. The van der Waals surface area contributed by atoms with Crippen LogP contribution >= 0.6 is 0 Å². The van der Waals surface area contributed by atoms with Gasteiger partial charge >= 0.3 is 12.0 Å². The molecule has 0 radical (unpaired) electrons. The van der Waals surface area contributed by atoms with Gasteiger partial charge in [-0.05, 0) is 18.8 Å². The molecular formula is C11H16N4O4. The summed E-state index contributed by atoms with van der Waals surface area (Å²) in [7, 11) is 0. The molecule has 8 nitrogen and oxygen atoms in total. The average molecular weight is 268 g/mol. The number of hydrogen-bond donors (Lipinski definition) is 2. The van der Waals surface area contributed by atoms with E-state index in [1.807, 2.05) is 0 Å². The molecule has 1 fully saturated rings. The summed E-state index contributed by atoms with van der Waals surface area (Å²) < 4.78 is 4.78. The van der Waals surface area contributed by atoms with Crippen molar-refractivity contribution in [2.24, 2.45) is 5.92 Å². The van der Waals surface area contributed by atoms with Crippen molar-refractivity contribution in [3.8, 4) is 0 Å². The zero-order chi connectivity index (χ0) is 13.8. The predicted molar refractivity (Wildman–Crippen MR) is 63.2 cm³/mol. The summed E-state index contributed by atoms with van der Waals surface area (Å²) in [6.07, 6.45) is 2.10. The number of aryl methyl sites for hydroxylation is 1. The number of nitrogens with one attached hydrogen (secondary N) is 1. The van der Waals surface area contributed by atoms with Crippen molar-refractivity contribution >= 4 is 12.0 Å². The number of carboxylic acids is 1. The SMILES string of the molecule is Cc1nc(CNC(=O)N(CC(=O)O)CC2CC2)no1. The van der Waals surface area contributed by atoms with Crippen LogP contribution in [0.15, 0.2) is 4.52 Å². The van der Waals surface area contributed by atoms with Crippen LogP contribution in [0.4, 0.5) is 4.79 Å². The number of nitrogens with zero attached hydrogens (tertiary/aromatic N) is 3. The van der Waals surface area contributed by atoms with Crippen molar-refractivity contribution in [2.75, 3.05) is 13.1 Å². The van der Waals surface area contributed by atoms with E-state index in [4.69, 9.17) is 9.63 Å². The number of hydrogen-bond acceptors (Lipinski definition) is 5. The van der Waals surface area contributed by atoms with E-state index in [1.165, 1.54) is 4.90 Å². The van der Waals surface area contributed by atoms with E-state index in [2.05, 4.69) is 15.5 Å². The highest BCUT2D eigenvalue weighted by molar-refractivity contribution is 5.80. The minimum absolute atomic E-state index is 0.122. The first kappa shape index (κ1) is 13.3. The van der Waals surface area contributed by atoms with Gasteiger partial charge in [-0.25, -0.2) is 4.79 Å². The third kappa shape index (κ3) is 4.23. The van der Waals surface area contributed by atoms with Gasteiger partial charge in [-0.1, -0.05) is 5.16 Å². The second kappa shape index (κ2) is 5.68. The Labute approximate surface area is 109 Å². The van der Waals surface area contributed by atoms with Gasteiger partial charge in [-0.2, -0.15) is 4.98 Å². The molecule has 8 heteroatoms. The zero-order valence-corrected chi connectivity index (χ0v) is 10.6. The van der Waals surface area contributed by atoms with E-state index in [-0.39, 0.29) is 13.1 Å². The van der Waals surface area contributed by atoms with E-state index in [0.717, 1.165) is 12.8 Å². The van der Waals surface area contributed by atoms with E-state index in [1.54, 1.807) is 6.92 Å². The summed E-state index contributed by atoms with van der Waals surface area (Å²) in [4.78, 5) is 27.9. The van der Waals surface area contributed by atoms with Gasteiger partial charge in [0.15, 0.2) is 5.82 Å². The maximum absolute atomic E-state index is 11.9. The number of carboxylic acid groups (broad SMARTS) is 1. The summed E-state index contributed by atoms with van der Waals surface area (Å²) in [5.41, 5.74) is 0. The van der Waals surface area contributed by atoms with Crippen LogP contribution in [0.5, 0.6) is 0 Å². The standard InChI is InChI=1S/C11H16N4O4/c1-7-13-9(14-19-7)4-12-11(18)15(6-10(16)17)5-8-2-3-8/h8H,2-6H2,1H3,(H,12,18)(H,16,17). The molecule has 19 heavy (non-hydrogen) atoms. The monoisotopic (exact) mass is 268 g/mol. The highest BCUT2D eigenvalue weighted by Gasteiger charge is 2.27. The third-order valence-electron chi connectivity index (χ3n) is 2.76. The van der Waals surface area contributed by atoms with Crippen LogP contribution in [-0.2, 0) is 11.3 Å². The lowest BCUT2D eigenvalue weighted by Crippen LogP contribution is -2.43. The number of aliphatic carboxylic acids is 1. The predicted octanol–water partition coefficient (Wildman–Crippen LogP) is 0.384. The Bertz CT molecular complexity index is 469. The van der Waals surface area contributed by atoms with Crippen LogP contribution in [0.1, 0.15) is 24.6 Å². The largest absolute Gasteiger partial charge is 0.480 e. The molecule has 2 rings (SSSR count). The van der Waals surface area contributed by atoms with Gasteiger partial charge in [0, 0.05) is 13.5 Å². The fourth-order valence-electron chi connectivity index (χ4n) is 1.67. The van der Waals surface area contributed by atoms with Crippen LogP contribution in [0.25, 0.3) is 0 Å². The molecule has 0 aromatic carbocycles. The molecule has 1 heterocycles. The van der Waals surface area contributed by atoms with Crippen molar-refractivity contribution < 1.29 is 19.2 Å². The van der Waals surface area contributed by atoms with Gasteiger partial charge in [0.1, 0.15) is 6.54 Å². The van der Waals surface area contributed by atoms with Gasteiger partial charge in [0.25, 0.3) is 0 Å². The van der Waals surface area contributed by atoms with Crippen molar-refractivity contribution in [2.45, 2.75) is 26.3 Å². The van der Waals surface area contributed by atoms with Gasteiger partial charge in [0.2, 0.25) is 5.89 Å². The second-order valence-corrected chi connectivity index (χ2v) is 4.61. The van der Waals surface area contributed by atoms with Gasteiger partial charge < -0.3 is 19.8 Å². The quantitative estimate of drug-likeness (QED) is 0.772. The van der Waals surface area contributed by atoms with E-state index < -0.39 is 12.0 Å². The Morgan fingerprint density at radius 2 is 2.26 bits per heavy atom. The lowest BCUT2D eigenvalue weighted by atomic mass is 10.3. The van der Waals surface area contributed by atoms with Crippen molar-refractivity contribution in [3.05, 3.63) is 11.7 Å². The van der Waals surface area contributed by atoms with Crippen LogP contribution in [0, 0.1) is 12.8 Å². The summed E-state index contributed by atoms with van der Waals surface area (Å²) in [5.74, 6) is 0.195. The molecule has 0 aliphatic heterocycles. The fraction of sp³-hybridized carbons (Fsp3) is 0.636. The first-order valence-corrected chi connectivity index (χ1v) is 6.08. The molecule has 1 saturated carbocycles. The molecule has 104 valence electrons. The van der Waals surface area contributed by atoms with E-state index in [9.17, 15) is 9.59 Å². The molecule has 1 aliphatic carbocycles. The van der Waals surface area contributed by atoms with Crippen LogP contribution < -0.4 is 5.32 Å². The summed E-state index contributed by atoms with van der Waals surface area (Å²) in [6.45, 7) is 1.95. The Morgan fingerprint density at radius 1 is 1.53 bits per heavy atom. The summed E-state index contributed by atoms with van der Waals surface area (Å²) >= 11 is 0. The van der Waals surface area contributed by atoms with Crippen molar-refractivity contribution in [3.63, 3.8) is 0 Å². The van der Waals surface area contributed by atoms with Crippen LogP contribution in [-0.4, -0.2) is 45.2 Å². The van der Waals surface area contributed by atoms with Gasteiger partial charge in [0.05, 0.1) is 6.54 Å². The van der Waals surface area contributed by atoms with Crippen molar-refractivity contribution in [1.82, 2.24) is 20.4 Å². The Balaban J connectivity index is 1.85. The molecule has 2 amide bonds. The minimum atomic E-state index is -1.02. The molecule has 2 N–H and O–H groups in total. The normalized spacial score (nSPS) is 14.2. The molecule has 0 bridgehead atoms. The highest BCUT2D eigenvalue weighted by Crippen LogP contribution is 2.29. The number of aromatic nitrogens is 2. The molecule has 0 spiro atoms. The van der Waals surface area contributed by atoms with Crippen LogP contribution in [0.2, 0.25) is 0 Å². The maximum atomic E-state index is 11.9. The molecule has 1 aliphatic rings. The lowest BCUT2D eigenvalue weighted by Gasteiger charge is -2.20. The van der Waals surface area contributed by atoms with Gasteiger partial charge in [-0.15, -0.1) is 0 Å². The third-order valence-corrected chi connectivity index (χ3v) is 2.76. The Kier molecular flexibility index (Phi) is 3.98. The molecule has 1 aromatic rings. The minimum Gasteiger partial charge on any atom is -0.480 e. The molecule has 0 saturated heterocycles. The number of urea groups is 1. The smallest absolute Gasteiger partial charge is 0.323 e. The molecule has 0 atom stereocenters. The average Bonchev–Trinajstić information content (AvgIpc) is 3.06. The summed E-state index contributed by atoms with van der Waals surface area (Å²) in [6, 6.07) is -0.420. The first-order chi connectivity index (χ1) is 9.04. The number of carbonyl (C=O) groups excluding carboxylic acids is 1. The highest BCUT2D eigenvalue weighted by atomic mass is 16.5. The number of amides is 2. The topological polar surface area (TPSA) is 109 Å². The molecule has 1 aromatic heterocycles. The zero-order valence-electron chi connectivity index (χ0n) is 10.6. The maximum Gasteiger partial charge on any atom is 0.323 e. The molecule has 0 unspecified atom stereocenters. The molecular weight excluding hydrogens is 252 g/mol. The van der Waals surface area contributed by atoms with Gasteiger partial charge in [-0.3, -0.25) is 4.79 Å². The van der Waals surface area contributed by atoms with Crippen LogP contribution in [0.3, 0.4) is 0 Å². The summed E-state index contributed by atoms with van der Waals surface area (Å²) in [5, 5.41) is 15.0. The van der Waals surface area contributed by atoms with Crippen molar-refractivity contribution in [1.29, 1.82) is 0 Å². The second-order valence-electron chi connectivity index (χ2n) is 4.61. The first-order valence-electron chi connectivity index (χ1n) is 6.08. The number of carbonyl (C=O) groups is 2. The van der Waals surface area contributed by atoms with E-state index >= 15 is 0 Å².